The first-order chi connectivity index (χ1) is 21.6. The highest BCUT2D eigenvalue weighted by Crippen LogP contribution is 2.34. The molecule has 1 heterocycles. The van der Waals surface area contributed by atoms with E-state index < -0.39 is 22.5 Å². The van der Waals surface area contributed by atoms with Gasteiger partial charge in [0, 0.05) is 23.5 Å². The third-order valence-corrected chi connectivity index (χ3v) is 9.25. The van der Waals surface area contributed by atoms with Gasteiger partial charge in [-0.25, -0.2) is 8.42 Å². The minimum Gasteiger partial charge on any atom is -0.497 e. The number of methoxy groups -OCH3 is 2. The Labute approximate surface area is 263 Å². The lowest BCUT2D eigenvalue weighted by atomic mass is 10.1. The van der Waals surface area contributed by atoms with Crippen LogP contribution in [-0.4, -0.2) is 54.1 Å². The van der Waals surface area contributed by atoms with Crippen LogP contribution in [0.2, 0.25) is 0 Å². The molecule has 0 fully saturated rings. The van der Waals surface area contributed by atoms with E-state index in [1.807, 2.05) is 13.0 Å². The summed E-state index contributed by atoms with van der Waals surface area (Å²) in [4.78, 5) is 28.4. The number of nitrogens with zero attached hydrogens (tertiary/aromatic N) is 2. The Morgan fingerprint density at radius 3 is 2.27 bits per heavy atom. The maximum Gasteiger partial charge on any atom is 0.268 e. The largest absolute Gasteiger partial charge is 0.497 e. The Morgan fingerprint density at radius 1 is 0.889 bits per heavy atom. The summed E-state index contributed by atoms with van der Waals surface area (Å²) in [5.41, 5.74) is 3.61. The predicted molar refractivity (Wildman–Crippen MR) is 173 cm³/mol. The van der Waals surface area contributed by atoms with Crippen LogP contribution in [0.3, 0.4) is 0 Å². The minimum atomic E-state index is -4.25. The van der Waals surface area contributed by atoms with E-state index in [1.165, 1.54) is 13.2 Å². The molecule has 1 aliphatic heterocycles. The van der Waals surface area contributed by atoms with Crippen LogP contribution in [0.25, 0.3) is 0 Å². The number of ether oxygens (including phenoxy) is 3. The van der Waals surface area contributed by atoms with Gasteiger partial charge in [0.25, 0.3) is 15.9 Å². The summed E-state index contributed by atoms with van der Waals surface area (Å²) in [5.74, 6) is 0.658. The van der Waals surface area contributed by atoms with Gasteiger partial charge in [-0.05, 0) is 104 Å². The second-order valence-corrected chi connectivity index (χ2v) is 12.3. The van der Waals surface area contributed by atoms with Crippen molar-refractivity contribution < 1.29 is 32.2 Å². The molecule has 2 amide bonds. The molecule has 1 N–H and O–H groups in total. The number of nitrogens with one attached hydrogen (secondary N) is 1. The van der Waals surface area contributed by atoms with Gasteiger partial charge in [-0.2, -0.15) is 0 Å². The number of hydrogen-bond donors (Lipinski definition) is 1. The van der Waals surface area contributed by atoms with Gasteiger partial charge in [-0.15, -0.1) is 0 Å². The van der Waals surface area contributed by atoms with E-state index in [0.29, 0.717) is 48.0 Å². The van der Waals surface area contributed by atoms with Gasteiger partial charge in [0.2, 0.25) is 5.91 Å². The maximum atomic E-state index is 14.1. The Kier molecular flexibility index (Phi) is 9.29. The summed E-state index contributed by atoms with van der Waals surface area (Å²) >= 11 is 0. The number of hydrogen-bond acceptors (Lipinski definition) is 7. The molecule has 10 nitrogen and oxygen atoms in total. The fourth-order valence-electron chi connectivity index (χ4n) is 5.18. The zero-order chi connectivity index (χ0) is 32.1. The maximum absolute atomic E-state index is 14.1. The van der Waals surface area contributed by atoms with Gasteiger partial charge in [-0.3, -0.25) is 13.9 Å². The standard InChI is InChI=1S/C34H35N3O7S/c1-5-44-29-15-11-27(12-16-29)37(45(40,41)32-20-23(2)6-17-31(32)43-4)22-33(38)35-26-10-7-24-18-19-36(30(24)21-26)34(39)25-8-13-28(42-3)14-9-25/h6-17,20-21H,5,18-19,22H2,1-4H3,(H,35,38). The molecule has 0 spiro atoms. The van der Waals surface area contributed by atoms with E-state index in [2.05, 4.69) is 5.32 Å². The summed E-state index contributed by atoms with van der Waals surface area (Å²) in [6.45, 7) is 4.07. The first-order valence-corrected chi connectivity index (χ1v) is 15.9. The fraction of sp³-hybridized carbons (Fsp3) is 0.235. The van der Waals surface area contributed by atoms with Gasteiger partial charge < -0.3 is 24.4 Å². The molecular formula is C34H35N3O7S. The van der Waals surface area contributed by atoms with Gasteiger partial charge in [0.1, 0.15) is 28.7 Å². The van der Waals surface area contributed by atoms with Gasteiger partial charge in [0.15, 0.2) is 0 Å². The topological polar surface area (TPSA) is 114 Å². The van der Waals surface area contributed by atoms with E-state index in [1.54, 1.807) is 91.7 Å². The number of benzene rings is 4. The van der Waals surface area contributed by atoms with Crippen LogP contribution >= 0.6 is 0 Å². The van der Waals surface area contributed by atoms with E-state index >= 15 is 0 Å². The average Bonchev–Trinajstić information content (AvgIpc) is 3.47. The number of carbonyl (C=O) groups is 2. The van der Waals surface area contributed by atoms with Crippen LogP contribution in [-0.2, 0) is 21.2 Å². The number of carbonyl (C=O) groups excluding carboxylic acids is 2. The summed E-state index contributed by atoms with van der Waals surface area (Å²) in [6, 6.07) is 23.6. The van der Waals surface area contributed by atoms with Crippen molar-refractivity contribution in [2.24, 2.45) is 0 Å². The highest BCUT2D eigenvalue weighted by molar-refractivity contribution is 7.93. The number of amides is 2. The monoisotopic (exact) mass is 629 g/mol. The first kappa shape index (κ1) is 31.4. The molecule has 0 saturated carbocycles. The lowest BCUT2D eigenvalue weighted by Gasteiger charge is -2.25. The van der Waals surface area contributed by atoms with Crippen LogP contribution in [0.4, 0.5) is 17.1 Å². The molecule has 1 aliphatic rings. The van der Waals surface area contributed by atoms with Crippen molar-refractivity contribution in [1.82, 2.24) is 0 Å². The molecule has 4 aromatic carbocycles. The van der Waals surface area contributed by atoms with Crippen molar-refractivity contribution >= 4 is 38.9 Å². The lowest BCUT2D eigenvalue weighted by molar-refractivity contribution is -0.114. The zero-order valence-electron chi connectivity index (χ0n) is 25.6. The molecule has 11 heteroatoms. The van der Waals surface area contributed by atoms with E-state index in [-0.39, 0.29) is 22.2 Å². The Morgan fingerprint density at radius 2 is 1.60 bits per heavy atom. The molecular weight excluding hydrogens is 594 g/mol. The number of anilines is 3. The van der Waals surface area contributed by atoms with Crippen molar-refractivity contribution in [3.63, 3.8) is 0 Å². The van der Waals surface area contributed by atoms with E-state index in [4.69, 9.17) is 14.2 Å². The normalized spacial score (nSPS) is 12.3. The van der Waals surface area contributed by atoms with E-state index in [9.17, 15) is 18.0 Å². The average molecular weight is 630 g/mol. The molecule has 4 aromatic rings. The van der Waals surface area contributed by atoms with Crippen molar-refractivity contribution in [1.29, 1.82) is 0 Å². The van der Waals surface area contributed by atoms with Crippen LogP contribution in [0.15, 0.2) is 89.8 Å². The third-order valence-electron chi connectivity index (χ3n) is 7.46. The number of fused-ring (bicyclic) bond motifs is 1. The summed E-state index contributed by atoms with van der Waals surface area (Å²) in [7, 11) is -1.29. The second-order valence-electron chi connectivity index (χ2n) is 10.4. The molecule has 45 heavy (non-hydrogen) atoms. The molecule has 0 bridgehead atoms. The molecule has 0 aliphatic carbocycles. The highest BCUT2D eigenvalue weighted by Gasteiger charge is 2.31. The molecule has 5 rings (SSSR count). The zero-order valence-corrected chi connectivity index (χ0v) is 26.4. The quantitative estimate of drug-likeness (QED) is 0.235. The second kappa shape index (κ2) is 13.3. The molecule has 0 unspecified atom stereocenters. The van der Waals surface area contributed by atoms with Crippen LogP contribution in [0, 0.1) is 6.92 Å². The van der Waals surface area contributed by atoms with Crippen molar-refractivity contribution in [3.05, 3.63) is 102 Å². The minimum absolute atomic E-state index is 0.0584. The summed E-state index contributed by atoms with van der Waals surface area (Å²) < 4.78 is 45.3. The Bertz CT molecular complexity index is 1810. The van der Waals surface area contributed by atoms with Gasteiger partial charge >= 0.3 is 0 Å². The molecule has 0 atom stereocenters. The Balaban J connectivity index is 1.42. The Hall–Kier alpha value is -5.03. The third kappa shape index (κ3) is 6.73. The number of aryl methyl sites for hydroxylation is 1. The number of sulfonamides is 1. The van der Waals surface area contributed by atoms with Crippen molar-refractivity contribution in [3.8, 4) is 17.2 Å². The van der Waals surface area contributed by atoms with Crippen LogP contribution < -0.4 is 28.7 Å². The van der Waals surface area contributed by atoms with Crippen LogP contribution in [0.5, 0.6) is 17.2 Å². The molecule has 0 aromatic heterocycles. The fourth-order valence-corrected chi connectivity index (χ4v) is 6.85. The first-order valence-electron chi connectivity index (χ1n) is 14.4. The summed E-state index contributed by atoms with van der Waals surface area (Å²) in [6.07, 6.45) is 0.674. The van der Waals surface area contributed by atoms with Crippen LogP contribution in [0.1, 0.15) is 28.4 Å². The highest BCUT2D eigenvalue weighted by atomic mass is 32.2. The van der Waals surface area contributed by atoms with Crippen molar-refractivity contribution in [2.45, 2.75) is 25.2 Å². The summed E-state index contributed by atoms with van der Waals surface area (Å²) in [5, 5.41) is 2.83. The molecule has 0 saturated heterocycles. The number of rotatable bonds is 11. The predicted octanol–water partition coefficient (Wildman–Crippen LogP) is 5.45. The van der Waals surface area contributed by atoms with Gasteiger partial charge in [0.05, 0.1) is 26.5 Å². The smallest absolute Gasteiger partial charge is 0.268 e. The van der Waals surface area contributed by atoms with E-state index in [0.717, 1.165) is 15.4 Å². The lowest BCUT2D eigenvalue weighted by Crippen LogP contribution is -2.38. The SMILES string of the molecule is CCOc1ccc(N(CC(=O)Nc2ccc3c(c2)N(C(=O)c2ccc(OC)cc2)CC3)S(=O)(=O)c2cc(C)ccc2OC)cc1. The van der Waals surface area contributed by atoms with Gasteiger partial charge in [-0.1, -0.05) is 12.1 Å². The molecule has 234 valence electrons. The molecule has 0 radical (unpaired) electrons. The van der Waals surface area contributed by atoms with Crippen molar-refractivity contribution in [2.75, 3.05) is 48.4 Å².